The maximum atomic E-state index is 14.1. The zero-order chi connectivity index (χ0) is 19.1. The number of carbonyl (C=O) groups excluding carboxylic acids is 1. The lowest BCUT2D eigenvalue weighted by atomic mass is 9.94. The number of esters is 1. The summed E-state index contributed by atoms with van der Waals surface area (Å²) in [5.74, 6) is -1.58. The highest BCUT2D eigenvalue weighted by atomic mass is 32.2. The molecule has 0 spiro atoms. The molecule has 132 valence electrons. The lowest BCUT2D eigenvalue weighted by molar-refractivity contribution is -0.133. The molecule has 0 fully saturated rings. The zero-order valence-corrected chi connectivity index (χ0v) is 14.4. The zero-order valence-electron chi connectivity index (χ0n) is 13.6. The minimum Gasteiger partial charge on any atom is -0.457 e. The van der Waals surface area contributed by atoms with Gasteiger partial charge in [0, 0.05) is 5.57 Å². The number of rotatable bonds is 3. The van der Waals surface area contributed by atoms with Crippen LogP contribution in [0.15, 0.2) is 41.3 Å². The molecule has 2 aromatic carbocycles. The molecule has 6 nitrogen and oxygen atoms in total. The number of primary sulfonamides is 1. The normalized spacial score (nSPS) is 14.3. The second kappa shape index (κ2) is 6.37. The Labute approximate surface area is 149 Å². The fourth-order valence-electron chi connectivity index (χ4n) is 2.79. The summed E-state index contributed by atoms with van der Waals surface area (Å²) in [6.07, 6.45) is 0. The topological polar surface area (TPSA) is 110 Å². The maximum absolute atomic E-state index is 14.1. The van der Waals surface area contributed by atoms with Crippen molar-refractivity contribution in [2.75, 3.05) is 6.61 Å². The van der Waals surface area contributed by atoms with Crippen LogP contribution in [0.2, 0.25) is 0 Å². The first-order valence-electron chi connectivity index (χ1n) is 7.46. The highest BCUT2D eigenvalue weighted by Crippen LogP contribution is 2.34. The molecule has 0 atom stereocenters. The van der Waals surface area contributed by atoms with Gasteiger partial charge in [-0.1, -0.05) is 12.1 Å². The van der Waals surface area contributed by atoms with Crippen LogP contribution in [0.4, 0.5) is 4.39 Å². The summed E-state index contributed by atoms with van der Waals surface area (Å²) in [5.41, 5.74) is 2.70. The van der Waals surface area contributed by atoms with E-state index in [1.165, 1.54) is 6.07 Å². The largest absolute Gasteiger partial charge is 0.457 e. The monoisotopic (exact) mass is 372 g/mol. The number of hydrogen-bond acceptors (Lipinski definition) is 5. The third-order valence-corrected chi connectivity index (χ3v) is 5.02. The standard InChI is InChI=1S/C18H13FN2O4S/c1-10-6-12(2-3-13(10)8-20)17-14(9-25-18(17)22)11-4-5-16(15(19)7-11)26(21,23)24/h2-7H,9H2,1H3,(H2,21,23,24). The average Bonchev–Trinajstić information content (AvgIpc) is 2.95. The molecule has 0 aliphatic carbocycles. The quantitative estimate of drug-likeness (QED) is 0.830. The van der Waals surface area contributed by atoms with Gasteiger partial charge < -0.3 is 4.74 Å². The third kappa shape index (κ3) is 3.10. The van der Waals surface area contributed by atoms with Crippen LogP contribution in [0.5, 0.6) is 0 Å². The molecule has 0 saturated heterocycles. The van der Waals surface area contributed by atoms with Crippen molar-refractivity contribution in [1.82, 2.24) is 0 Å². The first-order chi connectivity index (χ1) is 12.2. The molecule has 0 saturated carbocycles. The van der Waals surface area contributed by atoms with Crippen LogP contribution in [0.3, 0.4) is 0 Å². The second-order valence-corrected chi connectivity index (χ2v) is 7.29. The van der Waals surface area contributed by atoms with Crippen molar-refractivity contribution in [3.63, 3.8) is 0 Å². The van der Waals surface area contributed by atoms with Crippen molar-refractivity contribution in [1.29, 1.82) is 5.26 Å². The van der Waals surface area contributed by atoms with E-state index in [0.29, 0.717) is 27.8 Å². The van der Waals surface area contributed by atoms with Crippen LogP contribution in [-0.2, 0) is 19.6 Å². The highest BCUT2D eigenvalue weighted by Gasteiger charge is 2.28. The fourth-order valence-corrected chi connectivity index (χ4v) is 3.38. The summed E-state index contributed by atoms with van der Waals surface area (Å²) in [5, 5.41) is 14.0. The fraction of sp³-hybridized carbons (Fsp3) is 0.111. The van der Waals surface area contributed by atoms with Crippen molar-refractivity contribution in [3.8, 4) is 6.07 Å². The Morgan fingerprint density at radius 2 is 1.88 bits per heavy atom. The van der Waals surface area contributed by atoms with Crippen molar-refractivity contribution in [2.24, 2.45) is 5.14 Å². The smallest absolute Gasteiger partial charge is 0.339 e. The van der Waals surface area contributed by atoms with Crippen LogP contribution in [0.25, 0.3) is 11.1 Å². The van der Waals surface area contributed by atoms with Gasteiger partial charge in [-0.15, -0.1) is 0 Å². The molecule has 0 radical (unpaired) electrons. The van der Waals surface area contributed by atoms with Gasteiger partial charge >= 0.3 is 5.97 Å². The number of carbonyl (C=O) groups is 1. The van der Waals surface area contributed by atoms with E-state index in [4.69, 9.17) is 15.1 Å². The predicted molar refractivity (Wildman–Crippen MR) is 91.4 cm³/mol. The number of nitrogens with zero attached hydrogens (tertiary/aromatic N) is 1. The van der Waals surface area contributed by atoms with Crippen LogP contribution in [-0.4, -0.2) is 21.0 Å². The summed E-state index contributed by atoms with van der Waals surface area (Å²) in [4.78, 5) is 11.6. The van der Waals surface area contributed by atoms with Crippen LogP contribution in [0, 0.1) is 24.1 Å². The van der Waals surface area contributed by atoms with E-state index in [0.717, 1.165) is 12.1 Å². The SMILES string of the molecule is Cc1cc(C2=C(c3ccc(S(N)(=O)=O)c(F)c3)COC2=O)ccc1C#N. The average molecular weight is 372 g/mol. The minimum atomic E-state index is -4.18. The van der Waals surface area contributed by atoms with E-state index >= 15 is 0 Å². The van der Waals surface area contributed by atoms with Crippen LogP contribution < -0.4 is 5.14 Å². The number of halogens is 1. The molecule has 2 N–H and O–H groups in total. The van der Waals surface area contributed by atoms with Crippen molar-refractivity contribution >= 4 is 27.1 Å². The Bertz CT molecular complexity index is 1110. The Balaban J connectivity index is 2.16. The van der Waals surface area contributed by atoms with Gasteiger partial charge in [0.2, 0.25) is 10.0 Å². The van der Waals surface area contributed by atoms with E-state index in [-0.39, 0.29) is 12.2 Å². The van der Waals surface area contributed by atoms with Gasteiger partial charge in [0.05, 0.1) is 17.2 Å². The van der Waals surface area contributed by atoms with E-state index in [2.05, 4.69) is 0 Å². The maximum Gasteiger partial charge on any atom is 0.339 e. The summed E-state index contributed by atoms with van der Waals surface area (Å²) in [7, 11) is -4.18. The molecule has 0 amide bonds. The molecule has 0 bridgehead atoms. The summed E-state index contributed by atoms with van der Waals surface area (Å²) < 4.78 is 41.9. The number of sulfonamides is 1. The van der Waals surface area contributed by atoms with Gasteiger partial charge in [-0.2, -0.15) is 5.26 Å². The Hall–Kier alpha value is -3.02. The molecular weight excluding hydrogens is 359 g/mol. The first kappa shape index (κ1) is 17.8. The minimum absolute atomic E-state index is 0.0681. The first-order valence-corrected chi connectivity index (χ1v) is 9.01. The van der Waals surface area contributed by atoms with Crippen LogP contribution in [0.1, 0.15) is 22.3 Å². The Morgan fingerprint density at radius 1 is 1.19 bits per heavy atom. The molecular formula is C18H13FN2O4S. The predicted octanol–water partition coefficient (Wildman–Crippen LogP) is 2.12. The highest BCUT2D eigenvalue weighted by molar-refractivity contribution is 7.89. The van der Waals surface area contributed by atoms with Crippen molar-refractivity contribution in [3.05, 3.63) is 64.5 Å². The molecule has 26 heavy (non-hydrogen) atoms. The molecule has 2 aromatic rings. The van der Waals surface area contributed by atoms with E-state index < -0.39 is 26.7 Å². The van der Waals surface area contributed by atoms with Gasteiger partial charge in [0.25, 0.3) is 0 Å². The summed E-state index contributed by atoms with van der Waals surface area (Å²) in [6, 6.07) is 10.4. The molecule has 1 heterocycles. The molecule has 1 aliphatic rings. The second-order valence-electron chi connectivity index (χ2n) is 5.76. The molecule has 1 aliphatic heterocycles. The van der Waals surface area contributed by atoms with E-state index in [1.807, 2.05) is 6.07 Å². The van der Waals surface area contributed by atoms with Gasteiger partial charge in [0.15, 0.2) is 0 Å². The van der Waals surface area contributed by atoms with Crippen molar-refractivity contribution in [2.45, 2.75) is 11.8 Å². The lowest BCUT2D eigenvalue weighted by Gasteiger charge is -2.08. The molecule has 3 rings (SSSR count). The van der Waals surface area contributed by atoms with Gasteiger partial charge in [0.1, 0.15) is 17.3 Å². The van der Waals surface area contributed by atoms with Crippen LogP contribution >= 0.6 is 0 Å². The number of cyclic esters (lactones) is 1. The van der Waals surface area contributed by atoms with E-state index in [1.54, 1.807) is 25.1 Å². The molecule has 0 aromatic heterocycles. The number of nitrogens with two attached hydrogens (primary N) is 1. The van der Waals surface area contributed by atoms with Gasteiger partial charge in [-0.25, -0.2) is 22.7 Å². The number of aryl methyl sites for hydroxylation is 1. The van der Waals surface area contributed by atoms with Gasteiger partial charge in [-0.3, -0.25) is 0 Å². The molecule has 8 heteroatoms. The van der Waals surface area contributed by atoms with Crippen molar-refractivity contribution < 1.29 is 22.3 Å². The molecule has 0 unspecified atom stereocenters. The number of benzene rings is 2. The van der Waals surface area contributed by atoms with E-state index in [9.17, 15) is 17.6 Å². The third-order valence-electron chi connectivity index (χ3n) is 4.08. The Kier molecular flexibility index (Phi) is 4.36. The Morgan fingerprint density at radius 3 is 2.46 bits per heavy atom. The number of nitriles is 1. The lowest BCUT2D eigenvalue weighted by Crippen LogP contribution is -2.14. The summed E-state index contributed by atoms with van der Waals surface area (Å²) in [6.45, 7) is 1.67. The van der Waals surface area contributed by atoms with Gasteiger partial charge in [-0.05, 0) is 47.9 Å². The number of ether oxygens (including phenoxy) is 1. The number of hydrogen-bond donors (Lipinski definition) is 1. The summed E-state index contributed by atoms with van der Waals surface area (Å²) >= 11 is 0.